The van der Waals surface area contributed by atoms with Gasteiger partial charge >= 0.3 is 0 Å². The Hall–Kier alpha value is -2.29. The molecule has 0 aromatic heterocycles. The van der Waals surface area contributed by atoms with Gasteiger partial charge in [0.1, 0.15) is 0 Å². The van der Waals surface area contributed by atoms with Crippen molar-refractivity contribution >= 4 is 5.91 Å². The van der Waals surface area contributed by atoms with E-state index >= 15 is 0 Å². The molecule has 1 amide bonds. The van der Waals surface area contributed by atoms with E-state index in [2.05, 4.69) is 31.6 Å². The fourth-order valence-corrected chi connectivity index (χ4v) is 0.735. The standard InChI is InChI=1S/C13H16N2O.2C2H6/c1-5-6-7-10(2)13(16)15-12(4)9-8-11(3)14;2*1-2/h5-9H,1-4,14H2,(H,15,16);2*1-2H3/b7-6-,9-8-;;. The van der Waals surface area contributed by atoms with Crippen LogP contribution in [0.25, 0.3) is 0 Å². The Morgan fingerprint density at radius 3 is 1.90 bits per heavy atom. The number of rotatable bonds is 6. The molecular formula is C17H28N2O. The molecular weight excluding hydrogens is 248 g/mol. The third-order valence-electron chi connectivity index (χ3n) is 1.50. The van der Waals surface area contributed by atoms with Crippen molar-refractivity contribution in [1.29, 1.82) is 0 Å². The van der Waals surface area contributed by atoms with Crippen molar-refractivity contribution < 1.29 is 4.79 Å². The number of hydrogen-bond donors (Lipinski definition) is 2. The molecule has 0 bridgehead atoms. The number of carbonyl (C=O) groups is 1. The van der Waals surface area contributed by atoms with Crippen LogP contribution in [0.4, 0.5) is 0 Å². The van der Waals surface area contributed by atoms with Crippen LogP contribution in [-0.4, -0.2) is 5.91 Å². The predicted octanol–water partition coefficient (Wildman–Crippen LogP) is 4.00. The van der Waals surface area contributed by atoms with Crippen LogP contribution in [0.1, 0.15) is 27.7 Å². The van der Waals surface area contributed by atoms with E-state index in [1.165, 1.54) is 0 Å². The van der Waals surface area contributed by atoms with Crippen molar-refractivity contribution in [3.8, 4) is 0 Å². The minimum Gasteiger partial charge on any atom is -0.399 e. The van der Waals surface area contributed by atoms with Gasteiger partial charge in [-0.25, -0.2) is 0 Å². The van der Waals surface area contributed by atoms with Crippen LogP contribution in [0.5, 0.6) is 0 Å². The second kappa shape index (κ2) is 16.7. The van der Waals surface area contributed by atoms with E-state index < -0.39 is 0 Å². The van der Waals surface area contributed by atoms with Crippen LogP contribution in [0.2, 0.25) is 0 Å². The van der Waals surface area contributed by atoms with E-state index in [4.69, 9.17) is 5.73 Å². The molecule has 3 N–H and O–H groups in total. The lowest BCUT2D eigenvalue weighted by Gasteiger charge is -2.03. The first-order valence-electron chi connectivity index (χ1n) is 6.58. The summed E-state index contributed by atoms with van der Waals surface area (Å²) in [5.41, 5.74) is 6.45. The van der Waals surface area contributed by atoms with Gasteiger partial charge in [0.2, 0.25) is 0 Å². The first-order valence-corrected chi connectivity index (χ1v) is 6.58. The van der Waals surface area contributed by atoms with E-state index in [-0.39, 0.29) is 5.91 Å². The molecule has 3 nitrogen and oxygen atoms in total. The van der Waals surface area contributed by atoms with Crippen LogP contribution in [-0.2, 0) is 4.79 Å². The molecule has 0 atom stereocenters. The Kier molecular flexibility index (Phi) is 19.1. The van der Waals surface area contributed by atoms with Gasteiger partial charge in [-0.2, -0.15) is 0 Å². The smallest absolute Gasteiger partial charge is 0.255 e. The first-order chi connectivity index (χ1) is 9.47. The molecule has 0 saturated carbocycles. The Morgan fingerprint density at radius 1 is 1.00 bits per heavy atom. The van der Waals surface area contributed by atoms with E-state index in [0.29, 0.717) is 17.0 Å². The highest BCUT2D eigenvalue weighted by molar-refractivity contribution is 5.96. The minimum absolute atomic E-state index is 0.320. The number of nitrogens with one attached hydrogen (secondary N) is 1. The predicted molar refractivity (Wildman–Crippen MR) is 90.9 cm³/mol. The molecule has 0 aromatic rings. The zero-order valence-corrected chi connectivity index (χ0v) is 13.2. The largest absolute Gasteiger partial charge is 0.399 e. The Bertz CT molecular complexity index is 388. The molecule has 0 fully saturated rings. The van der Waals surface area contributed by atoms with E-state index in [1.807, 2.05) is 27.7 Å². The van der Waals surface area contributed by atoms with Crippen molar-refractivity contribution in [2.45, 2.75) is 27.7 Å². The summed E-state index contributed by atoms with van der Waals surface area (Å²) in [7, 11) is 0. The average Bonchev–Trinajstić information content (AvgIpc) is 2.46. The molecule has 112 valence electrons. The van der Waals surface area contributed by atoms with Gasteiger partial charge < -0.3 is 11.1 Å². The lowest BCUT2D eigenvalue weighted by molar-refractivity contribution is -0.116. The summed E-state index contributed by atoms with van der Waals surface area (Å²) in [6.07, 6.45) is 7.85. The summed E-state index contributed by atoms with van der Waals surface area (Å²) in [5, 5.41) is 2.54. The fourth-order valence-electron chi connectivity index (χ4n) is 0.735. The summed E-state index contributed by atoms with van der Waals surface area (Å²) < 4.78 is 0. The average molecular weight is 276 g/mol. The molecule has 3 heteroatoms. The maximum Gasteiger partial charge on any atom is 0.255 e. The van der Waals surface area contributed by atoms with E-state index in [0.717, 1.165) is 0 Å². The lowest BCUT2D eigenvalue weighted by Crippen LogP contribution is -2.21. The SMILES string of the molecule is C=C/C=C\C(=C)C(=O)NC(=C)/C=C\C(=C)N.CC.CC. The summed E-state index contributed by atoms with van der Waals surface area (Å²) in [4.78, 5) is 11.5. The third kappa shape index (κ3) is 15.7. The quantitative estimate of drug-likeness (QED) is 0.569. The van der Waals surface area contributed by atoms with Crippen LogP contribution in [0.3, 0.4) is 0 Å². The fraction of sp³-hybridized carbons (Fsp3) is 0.235. The Labute approximate surface area is 124 Å². The number of nitrogens with two attached hydrogens (primary N) is 1. The highest BCUT2D eigenvalue weighted by atomic mass is 16.1. The molecule has 0 unspecified atom stereocenters. The molecule has 0 aromatic carbocycles. The third-order valence-corrected chi connectivity index (χ3v) is 1.50. The van der Waals surface area contributed by atoms with Gasteiger partial charge in [0.25, 0.3) is 5.91 Å². The van der Waals surface area contributed by atoms with Crippen molar-refractivity contribution in [1.82, 2.24) is 5.32 Å². The maximum absolute atomic E-state index is 11.5. The molecule has 0 heterocycles. The van der Waals surface area contributed by atoms with Gasteiger partial charge in [-0.15, -0.1) is 0 Å². The lowest BCUT2D eigenvalue weighted by atomic mass is 10.2. The molecule has 0 spiro atoms. The molecule has 0 aliphatic carbocycles. The summed E-state index contributed by atoms with van der Waals surface area (Å²) in [5.74, 6) is -0.324. The topological polar surface area (TPSA) is 55.1 Å². The van der Waals surface area contributed by atoms with Crippen molar-refractivity contribution in [3.63, 3.8) is 0 Å². The van der Waals surface area contributed by atoms with Crippen LogP contribution >= 0.6 is 0 Å². The van der Waals surface area contributed by atoms with Gasteiger partial charge in [-0.1, -0.05) is 72.2 Å². The molecule has 0 rings (SSSR count). The number of hydrogen-bond acceptors (Lipinski definition) is 2. The molecule has 0 saturated heterocycles. The molecule has 0 radical (unpaired) electrons. The van der Waals surface area contributed by atoms with Crippen molar-refractivity contribution in [2.24, 2.45) is 5.73 Å². The zero-order chi connectivity index (χ0) is 16.6. The van der Waals surface area contributed by atoms with Gasteiger partial charge in [0.05, 0.1) is 0 Å². The normalized spacial score (nSPS) is 8.80. The summed E-state index contributed by atoms with van der Waals surface area (Å²) in [6.45, 7) is 22.2. The van der Waals surface area contributed by atoms with Gasteiger partial charge in [-0.3, -0.25) is 4.79 Å². The minimum atomic E-state index is -0.324. The van der Waals surface area contributed by atoms with Crippen LogP contribution in [0, 0.1) is 0 Å². The van der Waals surface area contributed by atoms with Crippen LogP contribution < -0.4 is 11.1 Å². The van der Waals surface area contributed by atoms with Crippen molar-refractivity contribution in [3.05, 3.63) is 73.7 Å². The van der Waals surface area contributed by atoms with E-state index in [9.17, 15) is 4.79 Å². The van der Waals surface area contributed by atoms with Crippen LogP contribution in [0.15, 0.2) is 73.7 Å². The second-order valence-corrected chi connectivity index (χ2v) is 3.01. The number of carbonyl (C=O) groups excluding carboxylic acids is 1. The number of allylic oxidation sites excluding steroid dienone is 4. The van der Waals surface area contributed by atoms with E-state index in [1.54, 1.807) is 30.4 Å². The summed E-state index contributed by atoms with van der Waals surface area (Å²) >= 11 is 0. The van der Waals surface area contributed by atoms with Gasteiger partial charge in [-0.05, 0) is 12.2 Å². The monoisotopic (exact) mass is 276 g/mol. The van der Waals surface area contributed by atoms with Gasteiger partial charge in [0.15, 0.2) is 0 Å². The Balaban J connectivity index is -0.000000656. The zero-order valence-electron chi connectivity index (χ0n) is 13.2. The van der Waals surface area contributed by atoms with Gasteiger partial charge in [0, 0.05) is 17.0 Å². The Morgan fingerprint density at radius 2 is 1.50 bits per heavy atom. The number of amides is 1. The molecule has 0 aliphatic rings. The second-order valence-electron chi connectivity index (χ2n) is 3.01. The van der Waals surface area contributed by atoms with Crippen molar-refractivity contribution in [2.75, 3.05) is 0 Å². The maximum atomic E-state index is 11.5. The molecule has 20 heavy (non-hydrogen) atoms. The highest BCUT2D eigenvalue weighted by Gasteiger charge is 2.02. The first kappa shape index (κ1) is 22.9. The highest BCUT2D eigenvalue weighted by Crippen LogP contribution is 1.97. The summed E-state index contributed by atoms with van der Waals surface area (Å²) in [6, 6.07) is 0. The molecule has 0 aliphatic heterocycles.